The first-order valence-electron chi connectivity index (χ1n) is 7.79. The van der Waals surface area contributed by atoms with Gasteiger partial charge in [-0.1, -0.05) is 11.6 Å². The number of anilines is 1. The zero-order chi connectivity index (χ0) is 19.9. The molecule has 8 nitrogen and oxygen atoms in total. The van der Waals surface area contributed by atoms with E-state index >= 15 is 0 Å². The molecule has 0 aliphatic carbocycles. The van der Waals surface area contributed by atoms with Crippen LogP contribution in [0.2, 0.25) is 5.02 Å². The molecule has 0 saturated heterocycles. The number of rotatable bonds is 5. The number of halogens is 1. The molecule has 0 atom stereocenters. The third-order valence-electron chi connectivity index (χ3n) is 4.27. The number of fused-ring (bicyclic) bond motifs is 1. The highest BCUT2D eigenvalue weighted by atomic mass is 35.5. The number of hydrogen-bond donors (Lipinski definition) is 1. The maximum absolute atomic E-state index is 12.8. The molecule has 27 heavy (non-hydrogen) atoms. The van der Waals surface area contributed by atoms with Gasteiger partial charge >= 0.3 is 5.69 Å². The summed E-state index contributed by atoms with van der Waals surface area (Å²) in [6, 6.07) is 7.36. The van der Waals surface area contributed by atoms with Gasteiger partial charge in [0.1, 0.15) is 11.5 Å². The fourth-order valence-corrected chi connectivity index (χ4v) is 4.12. The largest absolute Gasteiger partial charge is 0.495 e. The van der Waals surface area contributed by atoms with Gasteiger partial charge in [0.15, 0.2) is 0 Å². The first-order chi connectivity index (χ1) is 12.7. The van der Waals surface area contributed by atoms with E-state index < -0.39 is 10.0 Å². The van der Waals surface area contributed by atoms with Crippen LogP contribution in [0.4, 0.5) is 5.69 Å². The van der Waals surface area contributed by atoms with Crippen molar-refractivity contribution in [3.05, 3.63) is 45.8 Å². The Morgan fingerprint density at radius 2 is 1.59 bits per heavy atom. The minimum Gasteiger partial charge on any atom is -0.495 e. The monoisotopic (exact) mass is 411 g/mol. The normalized spacial score (nSPS) is 11.6. The van der Waals surface area contributed by atoms with Crippen LogP contribution in [-0.4, -0.2) is 31.8 Å². The minimum atomic E-state index is -3.95. The molecule has 0 aliphatic rings. The van der Waals surface area contributed by atoms with E-state index in [0.29, 0.717) is 16.8 Å². The van der Waals surface area contributed by atoms with Gasteiger partial charge in [-0.25, -0.2) is 13.2 Å². The molecule has 1 N–H and O–H groups in total. The van der Waals surface area contributed by atoms with Crippen LogP contribution in [0.25, 0.3) is 11.0 Å². The Bertz CT molecular complexity index is 1200. The fraction of sp³-hybridized carbons (Fsp3) is 0.235. The number of nitrogens with one attached hydrogen (secondary N) is 1. The van der Waals surface area contributed by atoms with Crippen LogP contribution in [0, 0.1) is 0 Å². The zero-order valence-electron chi connectivity index (χ0n) is 15.1. The van der Waals surface area contributed by atoms with E-state index in [-0.39, 0.29) is 27.0 Å². The van der Waals surface area contributed by atoms with Gasteiger partial charge in [-0.2, -0.15) is 0 Å². The number of aromatic nitrogens is 2. The number of aryl methyl sites for hydroxylation is 2. The molecule has 0 unspecified atom stereocenters. The first-order valence-corrected chi connectivity index (χ1v) is 9.65. The average molecular weight is 412 g/mol. The second-order valence-corrected chi connectivity index (χ2v) is 7.93. The summed E-state index contributed by atoms with van der Waals surface area (Å²) < 4.78 is 41.3. The number of hydrogen-bond acceptors (Lipinski definition) is 5. The number of methoxy groups -OCH3 is 2. The lowest BCUT2D eigenvalue weighted by Crippen LogP contribution is -2.19. The Morgan fingerprint density at radius 1 is 0.963 bits per heavy atom. The van der Waals surface area contributed by atoms with Crippen LogP contribution in [-0.2, 0) is 24.1 Å². The Hall–Kier alpha value is -2.65. The molecule has 1 aromatic heterocycles. The molecule has 3 aromatic rings. The number of benzene rings is 2. The third-order valence-corrected chi connectivity index (χ3v) is 5.93. The van der Waals surface area contributed by atoms with Crippen molar-refractivity contribution in [2.75, 3.05) is 18.9 Å². The predicted octanol–water partition coefficient (Wildman–Crippen LogP) is 2.35. The highest BCUT2D eigenvalue weighted by molar-refractivity contribution is 7.92. The highest BCUT2D eigenvalue weighted by Gasteiger charge is 2.20. The topological polar surface area (TPSA) is 91.6 Å². The number of imidazole rings is 1. The lowest BCUT2D eigenvalue weighted by Gasteiger charge is -2.14. The van der Waals surface area contributed by atoms with Gasteiger partial charge in [0.05, 0.1) is 40.9 Å². The molecule has 0 saturated carbocycles. The summed E-state index contributed by atoms with van der Waals surface area (Å²) in [5, 5.41) is 0.233. The van der Waals surface area contributed by atoms with Crippen LogP contribution in [0.1, 0.15) is 0 Å². The van der Waals surface area contributed by atoms with Crippen molar-refractivity contribution in [2.24, 2.45) is 14.1 Å². The molecular formula is C17H18ClN3O5S. The van der Waals surface area contributed by atoms with Gasteiger partial charge in [-0.05, 0) is 24.3 Å². The van der Waals surface area contributed by atoms with E-state index in [1.54, 1.807) is 20.2 Å². The fourth-order valence-electron chi connectivity index (χ4n) is 2.80. The lowest BCUT2D eigenvalue weighted by atomic mass is 10.3. The quantitative estimate of drug-likeness (QED) is 0.695. The maximum Gasteiger partial charge on any atom is 0.328 e. The summed E-state index contributed by atoms with van der Waals surface area (Å²) in [5.41, 5.74) is 1.07. The second kappa shape index (κ2) is 6.82. The van der Waals surface area contributed by atoms with Crippen molar-refractivity contribution in [2.45, 2.75) is 4.90 Å². The van der Waals surface area contributed by atoms with E-state index in [2.05, 4.69) is 4.72 Å². The molecule has 0 fully saturated rings. The van der Waals surface area contributed by atoms with Crippen LogP contribution >= 0.6 is 11.6 Å². The van der Waals surface area contributed by atoms with Crippen LogP contribution in [0.3, 0.4) is 0 Å². The number of ether oxygens (including phenoxy) is 2. The lowest BCUT2D eigenvalue weighted by molar-refractivity contribution is 0.396. The van der Waals surface area contributed by atoms with Crippen LogP contribution in [0.5, 0.6) is 11.5 Å². The van der Waals surface area contributed by atoms with Crippen molar-refractivity contribution in [3.8, 4) is 11.5 Å². The van der Waals surface area contributed by atoms with E-state index in [0.717, 1.165) is 0 Å². The zero-order valence-corrected chi connectivity index (χ0v) is 16.7. The second-order valence-electron chi connectivity index (χ2n) is 5.84. The van der Waals surface area contributed by atoms with Gasteiger partial charge in [-0.15, -0.1) is 0 Å². The average Bonchev–Trinajstić information content (AvgIpc) is 2.85. The summed E-state index contributed by atoms with van der Waals surface area (Å²) in [6.07, 6.45) is 0. The standard InChI is InChI=1S/C17H18ClN3O5S/c1-20-13-6-5-10(7-14(13)21(2)17(20)22)27(23,24)19-12-8-11(18)15(25-3)9-16(12)26-4/h5-9,19H,1-4H3. The Morgan fingerprint density at radius 3 is 2.22 bits per heavy atom. The van der Waals surface area contributed by atoms with Crippen molar-refractivity contribution in [3.63, 3.8) is 0 Å². The van der Waals surface area contributed by atoms with Gasteiger partial charge in [-0.3, -0.25) is 13.9 Å². The first kappa shape index (κ1) is 19.1. The number of nitrogens with zero attached hydrogens (tertiary/aromatic N) is 2. The molecular weight excluding hydrogens is 394 g/mol. The van der Waals surface area contributed by atoms with Crippen molar-refractivity contribution in [1.82, 2.24) is 9.13 Å². The summed E-state index contributed by atoms with van der Waals surface area (Å²) in [4.78, 5) is 12.0. The molecule has 0 bridgehead atoms. The van der Waals surface area contributed by atoms with E-state index in [1.165, 1.54) is 47.6 Å². The molecule has 10 heteroatoms. The molecule has 2 aromatic carbocycles. The smallest absolute Gasteiger partial charge is 0.328 e. The van der Waals surface area contributed by atoms with Crippen molar-refractivity contribution >= 4 is 38.3 Å². The SMILES string of the molecule is COc1cc(OC)c(NS(=O)(=O)c2ccc3c(c2)n(C)c(=O)n3C)cc1Cl. The third kappa shape index (κ3) is 3.24. The van der Waals surface area contributed by atoms with Gasteiger partial charge in [0.25, 0.3) is 10.0 Å². The molecule has 144 valence electrons. The molecule has 1 heterocycles. The molecule has 0 amide bonds. The summed E-state index contributed by atoms with van der Waals surface area (Å²) >= 11 is 6.10. The predicted molar refractivity (Wildman–Crippen MR) is 104 cm³/mol. The minimum absolute atomic E-state index is 0.00481. The maximum atomic E-state index is 12.8. The van der Waals surface area contributed by atoms with Crippen LogP contribution in [0.15, 0.2) is 40.0 Å². The Balaban J connectivity index is 2.08. The Labute approximate surface area is 160 Å². The number of sulfonamides is 1. The van der Waals surface area contributed by atoms with E-state index in [1.807, 2.05) is 0 Å². The van der Waals surface area contributed by atoms with Crippen molar-refractivity contribution in [1.29, 1.82) is 0 Å². The highest BCUT2D eigenvalue weighted by Crippen LogP contribution is 2.37. The van der Waals surface area contributed by atoms with Crippen LogP contribution < -0.4 is 19.9 Å². The van der Waals surface area contributed by atoms with E-state index in [4.69, 9.17) is 21.1 Å². The molecule has 0 radical (unpaired) electrons. The van der Waals surface area contributed by atoms with Gasteiger partial charge < -0.3 is 9.47 Å². The summed E-state index contributed by atoms with van der Waals surface area (Å²) in [6.45, 7) is 0. The molecule has 0 aliphatic heterocycles. The molecule has 3 rings (SSSR count). The molecule has 0 spiro atoms. The summed E-state index contributed by atoms with van der Waals surface area (Å²) in [7, 11) is 2.12. The van der Waals surface area contributed by atoms with Gasteiger partial charge in [0, 0.05) is 20.2 Å². The Kier molecular flexibility index (Phi) is 4.83. The summed E-state index contributed by atoms with van der Waals surface area (Å²) in [5.74, 6) is 0.616. The van der Waals surface area contributed by atoms with Gasteiger partial charge in [0.2, 0.25) is 0 Å². The van der Waals surface area contributed by atoms with E-state index in [9.17, 15) is 13.2 Å². The van der Waals surface area contributed by atoms with Crippen molar-refractivity contribution < 1.29 is 17.9 Å².